The Morgan fingerprint density at radius 1 is 1.28 bits per heavy atom. The van der Waals surface area contributed by atoms with Gasteiger partial charge in [-0.25, -0.2) is 17.2 Å². The summed E-state index contributed by atoms with van der Waals surface area (Å²) in [5.74, 6) is -1.68. The Balaban J connectivity index is 2.55. The largest absolute Gasteiger partial charge is 0.324 e. The van der Waals surface area contributed by atoms with Gasteiger partial charge in [0.05, 0.1) is 5.75 Å². The van der Waals surface area contributed by atoms with Crippen LogP contribution in [-0.4, -0.2) is 19.9 Å². The fraction of sp³-hybridized carbons (Fsp3) is 0.500. The molecule has 6 heteroatoms. The lowest BCUT2D eigenvalue weighted by molar-refractivity contribution is 0.503. The van der Waals surface area contributed by atoms with E-state index in [4.69, 9.17) is 5.73 Å². The first-order valence-electron chi connectivity index (χ1n) is 5.76. The fourth-order valence-corrected chi connectivity index (χ4v) is 2.47. The van der Waals surface area contributed by atoms with E-state index >= 15 is 0 Å². The van der Waals surface area contributed by atoms with Gasteiger partial charge in [0.1, 0.15) is 9.84 Å². The molecule has 0 amide bonds. The standard InChI is InChI=1S/C12H17F2NO2S/c1-2-18(16,17)7-3-4-12(15)9-5-6-10(13)11(14)8-9/h5-6,8,12H,2-4,7,15H2,1H3. The Labute approximate surface area is 106 Å². The van der Waals surface area contributed by atoms with Gasteiger partial charge in [-0.05, 0) is 30.5 Å². The molecule has 0 radical (unpaired) electrons. The van der Waals surface area contributed by atoms with Gasteiger partial charge in [0.15, 0.2) is 11.6 Å². The summed E-state index contributed by atoms with van der Waals surface area (Å²) < 4.78 is 48.2. The van der Waals surface area contributed by atoms with Crippen LogP contribution in [0.2, 0.25) is 0 Å². The molecule has 0 spiro atoms. The van der Waals surface area contributed by atoms with E-state index in [1.54, 1.807) is 6.92 Å². The summed E-state index contributed by atoms with van der Waals surface area (Å²) in [5.41, 5.74) is 6.28. The summed E-state index contributed by atoms with van der Waals surface area (Å²) >= 11 is 0. The summed E-state index contributed by atoms with van der Waals surface area (Å²) in [4.78, 5) is 0. The minimum atomic E-state index is -3.00. The topological polar surface area (TPSA) is 60.2 Å². The molecule has 1 unspecified atom stereocenters. The maximum atomic E-state index is 13.0. The summed E-state index contributed by atoms with van der Waals surface area (Å²) in [7, 11) is -3.00. The lowest BCUT2D eigenvalue weighted by atomic mass is 10.0. The second-order valence-electron chi connectivity index (χ2n) is 4.16. The van der Waals surface area contributed by atoms with Gasteiger partial charge in [-0.2, -0.15) is 0 Å². The van der Waals surface area contributed by atoms with Gasteiger partial charge < -0.3 is 5.73 Å². The number of nitrogens with two attached hydrogens (primary N) is 1. The lowest BCUT2D eigenvalue weighted by Crippen LogP contribution is -2.14. The van der Waals surface area contributed by atoms with Crippen LogP contribution in [0.15, 0.2) is 18.2 Å². The normalized spacial score (nSPS) is 13.6. The molecule has 0 fully saturated rings. The minimum Gasteiger partial charge on any atom is -0.324 e. The van der Waals surface area contributed by atoms with Gasteiger partial charge in [0, 0.05) is 11.8 Å². The molecule has 1 atom stereocenters. The Morgan fingerprint density at radius 2 is 1.94 bits per heavy atom. The Bertz CT molecular complexity index is 503. The maximum absolute atomic E-state index is 13.0. The number of hydrogen-bond donors (Lipinski definition) is 1. The predicted molar refractivity (Wildman–Crippen MR) is 66.8 cm³/mol. The zero-order chi connectivity index (χ0) is 13.8. The molecule has 102 valence electrons. The van der Waals surface area contributed by atoms with Crippen molar-refractivity contribution < 1.29 is 17.2 Å². The first kappa shape index (κ1) is 15.0. The van der Waals surface area contributed by atoms with Gasteiger partial charge in [-0.1, -0.05) is 13.0 Å². The number of halogens is 2. The molecule has 1 aromatic rings. The van der Waals surface area contributed by atoms with Gasteiger partial charge in [-0.15, -0.1) is 0 Å². The Morgan fingerprint density at radius 3 is 2.50 bits per heavy atom. The molecule has 0 bridgehead atoms. The second kappa shape index (κ2) is 6.24. The van der Waals surface area contributed by atoms with Gasteiger partial charge in [0.2, 0.25) is 0 Å². The quantitative estimate of drug-likeness (QED) is 0.867. The van der Waals surface area contributed by atoms with Gasteiger partial charge in [0.25, 0.3) is 0 Å². The van der Waals surface area contributed by atoms with E-state index in [2.05, 4.69) is 0 Å². The van der Waals surface area contributed by atoms with Crippen molar-refractivity contribution >= 4 is 9.84 Å². The van der Waals surface area contributed by atoms with Crippen LogP contribution in [0, 0.1) is 11.6 Å². The molecule has 0 saturated heterocycles. The highest BCUT2D eigenvalue weighted by atomic mass is 32.2. The van der Waals surface area contributed by atoms with Crippen LogP contribution < -0.4 is 5.73 Å². The van der Waals surface area contributed by atoms with Crippen LogP contribution in [0.25, 0.3) is 0 Å². The molecule has 0 aliphatic carbocycles. The molecule has 0 aliphatic heterocycles. The van der Waals surface area contributed by atoms with Crippen molar-refractivity contribution in [1.82, 2.24) is 0 Å². The molecule has 0 aromatic heterocycles. The van der Waals surface area contributed by atoms with Crippen molar-refractivity contribution in [1.29, 1.82) is 0 Å². The second-order valence-corrected chi connectivity index (χ2v) is 6.63. The molecule has 3 nitrogen and oxygen atoms in total. The average Bonchev–Trinajstić information content (AvgIpc) is 2.32. The molecule has 1 aromatic carbocycles. The highest BCUT2D eigenvalue weighted by molar-refractivity contribution is 7.91. The van der Waals surface area contributed by atoms with Crippen molar-refractivity contribution in [2.24, 2.45) is 5.73 Å². The van der Waals surface area contributed by atoms with Crippen LogP contribution >= 0.6 is 0 Å². The molecule has 1 rings (SSSR count). The Kier molecular flexibility index (Phi) is 5.22. The fourth-order valence-electron chi connectivity index (χ4n) is 1.58. The SMILES string of the molecule is CCS(=O)(=O)CCCC(N)c1ccc(F)c(F)c1. The van der Waals surface area contributed by atoms with E-state index in [1.807, 2.05) is 0 Å². The third kappa shape index (κ3) is 4.34. The first-order valence-corrected chi connectivity index (χ1v) is 7.59. The van der Waals surface area contributed by atoms with Crippen LogP contribution in [0.3, 0.4) is 0 Å². The van der Waals surface area contributed by atoms with E-state index in [9.17, 15) is 17.2 Å². The summed E-state index contributed by atoms with van der Waals surface area (Å²) in [6.07, 6.45) is 0.834. The minimum absolute atomic E-state index is 0.0703. The van der Waals surface area contributed by atoms with E-state index in [1.165, 1.54) is 6.07 Å². The van der Waals surface area contributed by atoms with Gasteiger partial charge >= 0.3 is 0 Å². The number of benzene rings is 1. The average molecular weight is 277 g/mol. The molecule has 0 heterocycles. The van der Waals surface area contributed by atoms with Crippen molar-refractivity contribution in [3.8, 4) is 0 Å². The molecule has 0 saturated carbocycles. The third-order valence-electron chi connectivity index (χ3n) is 2.78. The molecule has 2 N–H and O–H groups in total. The van der Waals surface area contributed by atoms with E-state index in [-0.39, 0.29) is 11.5 Å². The smallest absolute Gasteiger partial charge is 0.159 e. The molecule has 0 aliphatic rings. The Hall–Kier alpha value is -1.01. The summed E-state index contributed by atoms with van der Waals surface area (Å²) in [6.45, 7) is 1.59. The van der Waals surface area contributed by atoms with Crippen LogP contribution in [0.5, 0.6) is 0 Å². The van der Waals surface area contributed by atoms with Crippen LogP contribution in [0.4, 0.5) is 8.78 Å². The van der Waals surface area contributed by atoms with E-state index < -0.39 is 27.5 Å². The van der Waals surface area contributed by atoms with E-state index in [0.717, 1.165) is 12.1 Å². The summed E-state index contributed by atoms with van der Waals surface area (Å²) in [5, 5.41) is 0. The molecule has 18 heavy (non-hydrogen) atoms. The zero-order valence-corrected chi connectivity index (χ0v) is 11.0. The summed E-state index contributed by atoms with van der Waals surface area (Å²) in [6, 6.07) is 3.01. The number of sulfone groups is 1. The van der Waals surface area contributed by atoms with Crippen molar-refractivity contribution in [3.05, 3.63) is 35.4 Å². The first-order chi connectivity index (χ1) is 8.35. The van der Waals surface area contributed by atoms with Crippen LogP contribution in [-0.2, 0) is 9.84 Å². The highest BCUT2D eigenvalue weighted by Crippen LogP contribution is 2.18. The number of rotatable bonds is 6. The van der Waals surface area contributed by atoms with Crippen molar-refractivity contribution in [2.45, 2.75) is 25.8 Å². The number of hydrogen-bond acceptors (Lipinski definition) is 3. The zero-order valence-electron chi connectivity index (χ0n) is 10.2. The molecular weight excluding hydrogens is 260 g/mol. The monoisotopic (exact) mass is 277 g/mol. The van der Waals surface area contributed by atoms with Gasteiger partial charge in [-0.3, -0.25) is 0 Å². The van der Waals surface area contributed by atoms with Crippen molar-refractivity contribution in [3.63, 3.8) is 0 Å². The maximum Gasteiger partial charge on any atom is 0.159 e. The van der Waals surface area contributed by atoms with Crippen molar-refractivity contribution in [2.75, 3.05) is 11.5 Å². The van der Waals surface area contributed by atoms with E-state index in [0.29, 0.717) is 18.4 Å². The third-order valence-corrected chi connectivity index (χ3v) is 4.57. The molecular formula is C12H17F2NO2S. The lowest BCUT2D eigenvalue weighted by Gasteiger charge is -2.12. The predicted octanol–water partition coefficient (Wildman–Crippen LogP) is 2.18. The highest BCUT2D eigenvalue weighted by Gasteiger charge is 2.12. The van der Waals surface area contributed by atoms with Crippen LogP contribution in [0.1, 0.15) is 31.4 Å².